The van der Waals surface area contributed by atoms with Crippen LogP contribution in [0.25, 0.3) is 5.65 Å². The van der Waals surface area contributed by atoms with Crippen LogP contribution in [0.5, 0.6) is 0 Å². The quantitative estimate of drug-likeness (QED) is 0.726. The van der Waals surface area contributed by atoms with Crippen LogP contribution in [0.4, 0.5) is 0 Å². The van der Waals surface area contributed by atoms with Crippen molar-refractivity contribution >= 4 is 21.6 Å². The van der Waals surface area contributed by atoms with Crippen LogP contribution in [-0.4, -0.2) is 14.6 Å². The Morgan fingerprint density at radius 1 is 1.06 bits per heavy atom. The summed E-state index contributed by atoms with van der Waals surface area (Å²) in [5.74, 6) is 0.977. The molecule has 4 heteroatoms. The molecule has 2 heterocycles. The highest BCUT2D eigenvalue weighted by atomic mass is 79.9. The molecule has 0 bridgehead atoms. The summed E-state index contributed by atoms with van der Waals surface area (Å²) < 4.78 is 3.19. The number of hydrogen-bond acceptors (Lipinski definition) is 2. The zero-order valence-electron chi connectivity index (χ0n) is 9.97. The third-order valence-electron chi connectivity index (χ3n) is 2.97. The third-order valence-corrected chi connectivity index (χ3v) is 3.49. The van der Waals surface area contributed by atoms with Gasteiger partial charge in [0.05, 0.1) is 0 Å². The lowest BCUT2D eigenvalue weighted by Crippen LogP contribution is -1.99. The SMILES string of the molecule is Cc1cccc2nnc(Cc3ccc(Br)cc3)n12. The molecular formula is C14H12BrN3. The molecule has 0 aliphatic carbocycles. The third kappa shape index (κ3) is 2.04. The van der Waals surface area contributed by atoms with Gasteiger partial charge in [0.1, 0.15) is 5.82 Å². The number of aromatic nitrogens is 3. The number of aryl methyl sites for hydroxylation is 1. The maximum absolute atomic E-state index is 4.28. The lowest BCUT2D eigenvalue weighted by Gasteiger charge is -2.03. The average molecular weight is 302 g/mol. The summed E-state index contributed by atoms with van der Waals surface area (Å²) in [7, 11) is 0. The Hall–Kier alpha value is -1.68. The van der Waals surface area contributed by atoms with Crippen LogP contribution in [-0.2, 0) is 6.42 Å². The first-order chi connectivity index (χ1) is 8.74. The summed E-state index contributed by atoms with van der Waals surface area (Å²) in [4.78, 5) is 0. The maximum Gasteiger partial charge on any atom is 0.160 e. The van der Waals surface area contributed by atoms with Crippen LogP contribution in [0.1, 0.15) is 17.1 Å². The van der Waals surface area contributed by atoms with Gasteiger partial charge in [0.15, 0.2) is 5.65 Å². The molecule has 0 spiro atoms. The molecule has 3 nitrogen and oxygen atoms in total. The van der Waals surface area contributed by atoms with Gasteiger partial charge >= 0.3 is 0 Å². The molecule has 0 atom stereocenters. The van der Waals surface area contributed by atoms with Gasteiger partial charge < -0.3 is 0 Å². The number of pyridine rings is 1. The van der Waals surface area contributed by atoms with E-state index in [-0.39, 0.29) is 0 Å². The smallest absolute Gasteiger partial charge is 0.160 e. The van der Waals surface area contributed by atoms with Gasteiger partial charge in [-0.2, -0.15) is 0 Å². The molecule has 0 N–H and O–H groups in total. The zero-order valence-corrected chi connectivity index (χ0v) is 11.6. The Bertz CT molecular complexity index is 686. The van der Waals surface area contributed by atoms with Crippen molar-refractivity contribution in [3.8, 4) is 0 Å². The van der Waals surface area contributed by atoms with Crippen LogP contribution in [0, 0.1) is 6.92 Å². The zero-order chi connectivity index (χ0) is 12.5. The molecule has 1 aromatic carbocycles. The number of fused-ring (bicyclic) bond motifs is 1. The molecule has 0 radical (unpaired) electrons. The van der Waals surface area contributed by atoms with Gasteiger partial charge in [-0.15, -0.1) is 10.2 Å². The van der Waals surface area contributed by atoms with E-state index in [1.54, 1.807) is 0 Å². The van der Waals surface area contributed by atoms with Crippen molar-refractivity contribution in [2.45, 2.75) is 13.3 Å². The fourth-order valence-corrected chi connectivity index (χ4v) is 2.33. The second-order valence-electron chi connectivity index (χ2n) is 4.28. The number of benzene rings is 1. The molecule has 90 valence electrons. The summed E-state index contributed by atoms with van der Waals surface area (Å²) in [6, 6.07) is 14.3. The van der Waals surface area contributed by atoms with Crippen molar-refractivity contribution in [1.82, 2.24) is 14.6 Å². The van der Waals surface area contributed by atoms with Crippen molar-refractivity contribution in [1.29, 1.82) is 0 Å². The number of halogens is 1. The first-order valence-corrected chi connectivity index (χ1v) is 6.57. The minimum Gasteiger partial charge on any atom is -0.283 e. The van der Waals surface area contributed by atoms with Crippen molar-refractivity contribution < 1.29 is 0 Å². The van der Waals surface area contributed by atoms with E-state index < -0.39 is 0 Å². The van der Waals surface area contributed by atoms with Gasteiger partial charge in [-0.1, -0.05) is 34.1 Å². The van der Waals surface area contributed by atoms with Crippen molar-refractivity contribution in [2.75, 3.05) is 0 Å². The van der Waals surface area contributed by atoms with Crippen molar-refractivity contribution in [3.63, 3.8) is 0 Å². The van der Waals surface area contributed by atoms with Gasteiger partial charge in [0.2, 0.25) is 0 Å². The monoisotopic (exact) mass is 301 g/mol. The van der Waals surface area contributed by atoms with Crippen LogP contribution in [0.3, 0.4) is 0 Å². The minimum absolute atomic E-state index is 0.791. The molecule has 18 heavy (non-hydrogen) atoms. The summed E-state index contributed by atoms with van der Waals surface area (Å²) >= 11 is 3.44. The topological polar surface area (TPSA) is 30.2 Å². The fraction of sp³-hybridized carbons (Fsp3) is 0.143. The molecule has 0 aliphatic heterocycles. The standard InChI is InChI=1S/C14H12BrN3/c1-10-3-2-4-13-16-17-14(18(10)13)9-11-5-7-12(15)8-6-11/h2-8H,9H2,1H3. The lowest BCUT2D eigenvalue weighted by atomic mass is 10.1. The van der Waals surface area contributed by atoms with Gasteiger partial charge in [-0.25, -0.2) is 0 Å². The van der Waals surface area contributed by atoms with Crippen LogP contribution in [0.2, 0.25) is 0 Å². The van der Waals surface area contributed by atoms with Gasteiger partial charge in [-0.05, 0) is 36.8 Å². The molecular weight excluding hydrogens is 290 g/mol. The fourth-order valence-electron chi connectivity index (χ4n) is 2.07. The Morgan fingerprint density at radius 2 is 1.83 bits per heavy atom. The second-order valence-corrected chi connectivity index (χ2v) is 5.20. The van der Waals surface area contributed by atoms with E-state index in [2.05, 4.69) is 55.7 Å². The largest absolute Gasteiger partial charge is 0.283 e. The number of nitrogens with zero attached hydrogens (tertiary/aromatic N) is 3. The maximum atomic E-state index is 4.28. The van der Waals surface area contributed by atoms with E-state index in [4.69, 9.17) is 0 Å². The van der Waals surface area contributed by atoms with Gasteiger partial charge in [0.25, 0.3) is 0 Å². The lowest BCUT2D eigenvalue weighted by molar-refractivity contribution is 0.914. The molecule has 0 fully saturated rings. The average Bonchev–Trinajstić information content (AvgIpc) is 2.77. The number of hydrogen-bond donors (Lipinski definition) is 0. The Kier molecular flexibility index (Phi) is 2.88. The van der Waals surface area contributed by atoms with Crippen molar-refractivity contribution in [3.05, 3.63) is 64.0 Å². The molecule has 3 aromatic rings. The molecule has 0 amide bonds. The summed E-state index contributed by atoms with van der Waals surface area (Å²) in [6.45, 7) is 2.07. The normalized spacial score (nSPS) is 11.0. The molecule has 0 unspecified atom stereocenters. The van der Waals surface area contributed by atoms with Crippen LogP contribution in [0.15, 0.2) is 46.9 Å². The van der Waals surface area contributed by atoms with Gasteiger partial charge in [-0.3, -0.25) is 4.40 Å². The van der Waals surface area contributed by atoms with E-state index >= 15 is 0 Å². The highest BCUT2D eigenvalue weighted by Gasteiger charge is 2.07. The first kappa shape index (κ1) is 11.4. The molecule has 0 saturated carbocycles. The minimum atomic E-state index is 0.791. The molecule has 0 saturated heterocycles. The van der Waals surface area contributed by atoms with Crippen molar-refractivity contribution in [2.24, 2.45) is 0 Å². The number of rotatable bonds is 2. The highest BCUT2D eigenvalue weighted by molar-refractivity contribution is 9.10. The summed E-state index contributed by atoms with van der Waals surface area (Å²) in [5.41, 5.74) is 3.29. The van der Waals surface area contributed by atoms with Crippen LogP contribution >= 0.6 is 15.9 Å². The Labute approximate surface area is 114 Å². The Balaban J connectivity index is 2.02. The predicted octanol–water partition coefficient (Wildman–Crippen LogP) is 3.39. The van der Waals surface area contributed by atoms with E-state index in [1.807, 2.05) is 24.3 Å². The van der Waals surface area contributed by atoms with E-state index in [0.717, 1.165) is 28.1 Å². The summed E-state index contributed by atoms with van der Waals surface area (Å²) in [5, 5.41) is 8.47. The molecule has 3 rings (SSSR count). The van der Waals surface area contributed by atoms with Crippen LogP contribution < -0.4 is 0 Å². The highest BCUT2D eigenvalue weighted by Crippen LogP contribution is 2.15. The van der Waals surface area contributed by atoms with Gasteiger partial charge in [0, 0.05) is 16.6 Å². The Morgan fingerprint density at radius 3 is 2.61 bits per heavy atom. The van der Waals surface area contributed by atoms with E-state index in [0.29, 0.717) is 0 Å². The second kappa shape index (κ2) is 4.53. The molecule has 0 aliphatic rings. The summed E-state index contributed by atoms with van der Waals surface area (Å²) in [6.07, 6.45) is 0.791. The predicted molar refractivity (Wildman–Crippen MR) is 74.7 cm³/mol. The first-order valence-electron chi connectivity index (χ1n) is 5.78. The van der Waals surface area contributed by atoms with E-state index in [1.165, 1.54) is 5.56 Å². The van der Waals surface area contributed by atoms with E-state index in [9.17, 15) is 0 Å². The molecule has 2 aromatic heterocycles.